The lowest BCUT2D eigenvalue weighted by atomic mass is 9.73. The molecule has 0 aliphatic heterocycles. The van der Waals surface area contributed by atoms with Gasteiger partial charge in [-0.05, 0) is 37.6 Å². The molecule has 18 heavy (non-hydrogen) atoms. The third kappa shape index (κ3) is 3.98. The third-order valence-electron chi connectivity index (χ3n) is 4.54. The minimum Gasteiger partial charge on any atom is -0.481 e. The van der Waals surface area contributed by atoms with Crippen LogP contribution in [-0.4, -0.2) is 35.6 Å². The SMILES string of the molecule is CC1CCC(C(C)C)C(N(C)CC(C)C(=O)O)C1. The molecule has 1 aliphatic carbocycles. The molecule has 0 amide bonds. The van der Waals surface area contributed by atoms with Crippen molar-refractivity contribution in [3.8, 4) is 0 Å². The Kier molecular flexibility index (Phi) is 5.64. The molecular weight excluding hydrogens is 226 g/mol. The van der Waals surface area contributed by atoms with E-state index in [9.17, 15) is 4.79 Å². The number of carboxylic acid groups (broad SMARTS) is 1. The van der Waals surface area contributed by atoms with Gasteiger partial charge in [-0.15, -0.1) is 0 Å². The van der Waals surface area contributed by atoms with Crippen LogP contribution in [0, 0.1) is 23.7 Å². The Morgan fingerprint density at radius 2 is 1.94 bits per heavy atom. The normalized spacial score (nSPS) is 30.7. The Bertz CT molecular complexity index is 278. The Morgan fingerprint density at radius 3 is 2.44 bits per heavy atom. The van der Waals surface area contributed by atoms with Gasteiger partial charge in [0.1, 0.15) is 0 Å². The number of carbonyl (C=O) groups is 1. The van der Waals surface area contributed by atoms with Crippen LogP contribution in [0.1, 0.15) is 47.0 Å². The average Bonchev–Trinajstić information content (AvgIpc) is 2.28. The van der Waals surface area contributed by atoms with E-state index in [1.165, 1.54) is 19.3 Å². The van der Waals surface area contributed by atoms with Gasteiger partial charge in [0.25, 0.3) is 0 Å². The fourth-order valence-electron chi connectivity index (χ4n) is 3.30. The minimum atomic E-state index is -0.688. The smallest absolute Gasteiger partial charge is 0.307 e. The predicted molar refractivity (Wildman–Crippen MR) is 74.6 cm³/mol. The lowest BCUT2D eigenvalue weighted by Gasteiger charge is -2.43. The maximum absolute atomic E-state index is 11.0. The van der Waals surface area contributed by atoms with Gasteiger partial charge in [0.05, 0.1) is 5.92 Å². The Labute approximate surface area is 112 Å². The summed E-state index contributed by atoms with van der Waals surface area (Å²) in [6.07, 6.45) is 3.82. The summed E-state index contributed by atoms with van der Waals surface area (Å²) in [6, 6.07) is 0.551. The quantitative estimate of drug-likeness (QED) is 0.820. The van der Waals surface area contributed by atoms with Gasteiger partial charge in [-0.25, -0.2) is 0 Å². The summed E-state index contributed by atoms with van der Waals surface area (Å²) in [6.45, 7) is 9.37. The number of nitrogens with zero attached hydrogens (tertiary/aromatic N) is 1. The molecule has 0 spiro atoms. The molecule has 0 heterocycles. The summed E-state index contributed by atoms with van der Waals surface area (Å²) in [5.74, 6) is 1.21. The van der Waals surface area contributed by atoms with E-state index >= 15 is 0 Å². The van der Waals surface area contributed by atoms with E-state index in [0.29, 0.717) is 24.4 Å². The zero-order chi connectivity index (χ0) is 13.9. The summed E-state index contributed by atoms with van der Waals surface area (Å²) in [5.41, 5.74) is 0. The largest absolute Gasteiger partial charge is 0.481 e. The van der Waals surface area contributed by atoms with E-state index in [1.54, 1.807) is 6.92 Å². The van der Waals surface area contributed by atoms with Gasteiger partial charge in [0.2, 0.25) is 0 Å². The van der Waals surface area contributed by atoms with Crippen molar-refractivity contribution >= 4 is 5.97 Å². The second kappa shape index (κ2) is 6.55. The molecule has 3 heteroatoms. The molecule has 1 aliphatic rings. The summed E-state index contributed by atoms with van der Waals surface area (Å²) >= 11 is 0. The van der Waals surface area contributed by atoms with Crippen molar-refractivity contribution in [1.29, 1.82) is 0 Å². The molecule has 1 saturated carbocycles. The van der Waals surface area contributed by atoms with E-state index in [4.69, 9.17) is 5.11 Å². The van der Waals surface area contributed by atoms with Crippen LogP contribution in [0.5, 0.6) is 0 Å². The molecule has 106 valence electrons. The van der Waals surface area contributed by atoms with Gasteiger partial charge in [-0.3, -0.25) is 4.79 Å². The second-order valence-corrected chi connectivity index (χ2v) is 6.57. The van der Waals surface area contributed by atoms with Crippen molar-refractivity contribution in [2.45, 2.75) is 53.0 Å². The van der Waals surface area contributed by atoms with Crippen molar-refractivity contribution in [3.05, 3.63) is 0 Å². The zero-order valence-electron chi connectivity index (χ0n) is 12.5. The van der Waals surface area contributed by atoms with Crippen molar-refractivity contribution in [2.24, 2.45) is 23.7 Å². The van der Waals surface area contributed by atoms with Crippen molar-refractivity contribution in [1.82, 2.24) is 4.90 Å². The van der Waals surface area contributed by atoms with Gasteiger partial charge in [0.15, 0.2) is 0 Å². The van der Waals surface area contributed by atoms with Gasteiger partial charge in [-0.1, -0.05) is 34.1 Å². The first kappa shape index (κ1) is 15.5. The van der Waals surface area contributed by atoms with Crippen molar-refractivity contribution < 1.29 is 9.90 Å². The number of aliphatic carboxylic acids is 1. The highest BCUT2D eigenvalue weighted by molar-refractivity contribution is 5.69. The van der Waals surface area contributed by atoms with Crippen molar-refractivity contribution in [2.75, 3.05) is 13.6 Å². The molecule has 0 aromatic rings. The van der Waals surface area contributed by atoms with Crippen LogP contribution >= 0.6 is 0 Å². The summed E-state index contributed by atoms with van der Waals surface area (Å²) in [4.78, 5) is 13.3. The molecular formula is C15H29NO2. The summed E-state index contributed by atoms with van der Waals surface area (Å²) in [7, 11) is 2.09. The van der Waals surface area contributed by atoms with Crippen LogP contribution in [0.2, 0.25) is 0 Å². The second-order valence-electron chi connectivity index (χ2n) is 6.57. The first-order valence-corrected chi connectivity index (χ1v) is 7.26. The molecule has 3 nitrogen and oxygen atoms in total. The standard InChI is InChI=1S/C15H29NO2/c1-10(2)13-7-6-11(3)8-14(13)16(5)9-12(4)15(17)18/h10-14H,6-9H2,1-5H3,(H,17,18). The van der Waals surface area contributed by atoms with Crippen LogP contribution in [0.25, 0.3) is 0 Å². The van der Waals surface area contributed by atoms with Gasteiger partial charge in [-0.2, -0.15) is 0 Å². The summed E-state index contributed by atoms with van der Waals surface area (Å²) < 4.78 is 0. The monoisotopic (exact) mass is 255 g/mol. The number of hydrogen-bond acceptors (Lipinski definition) is 2. The molecule has 0 radical (unpaired) electrons. The minimum absolute atomic E-state index is 0.278. The molecule has 1 rings (SSSR count). The topological polar surface area (TPSA) is 40.5 Å². The van der Waals surface area contributed by atoms with E-state index in [-0.39, 0.29) is 5.92 Å². The van der Waals surface area contributed by atoms with Gasteiger partial charge in [0, 0.05) is 12.6 Å². The van der Waals surface area contributed by atoms with Gasteiger partial charge >= 0.3 is 5.97 Å². The fourth-order valence-corrected chi connectivity index (χ4v) is 3.30. The van der Waals surface area contributed by atoms with E-state index < -0.39 is 5.97 Å². The molecule has 1 fully saturated rings. The summed E-state index contributed by atoms with van der Waals surface area (Å²) in [5, 5.41) is 9.03. The Hall–Kier alpha value is -0.570. The first-order valence-electron chi connectivity index (χ1n) is 7.26. The highest BCUT2D eigenvalue weighted by atomic mass is 16.4. The van der Waals surface area contributed by atoms with Gasteiger partial charge < -0.3 is 10.0 Å². The van der Waals surface area contributed by atoms with Crippen LogP contribution in [0.3, 0.4) is 0 Å². The Morgan fingerprint density at radius 1 is 1.33 bits per heavy atom. The molecule has 0 bridgehead atoms. The first-order chi connectivity index (χ1) is 8.32. The van der Waals surface area contributed by atoms with Crippen LogP contribution in [-0.2, 0) is 4.79 Å². The highest BCUT2D eigenvalue weighted by Gasteiger charge is 2.33. The van der Waals surface area contributed by atoms with E-state index in [2.05, 4.69) is 32.7 Å². The lowest BCUT2D eigenvalue weighted by molar-refractivity contribution is -0.142. The van der Waals surface area contributed by atoms with E-state index in [1.807, 2.05) is 0 Å². The lowest BCUT2D eigenvalue weighted by Crippen LogP contribution is -2.46. The van der Waals surface area contributed by atoms with Crippen molar-refractivity contribution in [3.63, 3.8) is 0 Å². The van der Waals surface area contributed by atoms with Crippen LogP contribution in [0.4, 0.5) is 0 Å². The predicted octanol–water partition coefficient (Wildman–Crippen LogP) is 3.10. The molecule has 4 unspecified atom stereocenters. The molecule has 0 aromatic carbocycles. The number of rotatable bonds is 5. The maximum Gasteiger partial charge on any atom is 0.307 e. The average molecular weight is 255 g/mol. The molecule has 4 atom stereocenters. The molecule has 0 saturated heterocycles. The highest BCUT2D eigenvalue weighted by Crippen LogP contribution is 2.36. The Balaban J connectivity index is 2.66. The van der Waals surface area contributed by atoms with Crippen LogP contribution in [0.15, 0.2) is 0 Å². The molecule has 1 N–H and O–H groups in total. The maximum atomic E-state index is 11.0. The number of hydrogen-bond donors (Lipinski definition) is 1. The molecule has 0 aromatic heterocycles. The zero-order valence-corrected chi connectivity index (χ0v) is 12.5. The van der Waals surface area contributed by atoms with E-state index in [0.717, 1.165) is 5.92 Å². The third-order valence-corrected chi connectivity index (χ3v) is 4.54. The van der Waals surface area contributed by atoms with Crippen LogP contribution < -0.4 is 0 Å². The fraction of sp³-hybridized carbons (Fsp3) is 0.933. The number of carboxylic acids is 1.